The monoisotopic (exact) mass is 519 g/mol. The molecule has 154 valence electrons. The molecule has 0 amide bonds. The molecule has 0 unspecified atom stereocenters. The number of nitrogens with zero attached hydrogens (tertiary/aromatic N) is 4. The molecule has 1 aromatic carbocycles. The maximum atomic E-state index is 13.6. The lowest BCUT2D eigenvalue weighted by Gasteiger charge is -2.36. The highest BCUT2D eigenvalue weighted by atomic mass is 127. The third kappa shape index (κ3) is 6.63. The number of piperazine rings is 1. The molecule has 1 aromatic heterocycles. The molecule has 6 nitrogen and oxygen atoms in total. The molecule has 1 N–H and O–H groups in total. The second-order valence-electron chi connectivity index (χ2n) is 6.44. The van der Waals surface area contributed by atoms with Gasteiger partial charge in [-0.15, -0.1) is 35.7 Å². The van der Waals surface area contributed by atoms with Crippen molar-refractivity contribution in [1.29, 1.82) is 0 Å². The number of benzene rings is 1. The second kappa shape index (κ2) is 11.6. The van der Waals surface area contributed by atoms with E-state index in [1.165, 1.54) is 17.8 Å². The van der Waals surface area contributed by atoms with Crippen molar-refractivity contribution < 1.29 is 8.91 Å². The zero-order valence-electron chi connectivity index (χ0n) is 16.2. The van der Waals surface area contributed by atoms with Gasteiger partial charge in [0.05, 0.1) is 5.69 Å². The predicted octanol–water partition coefficient (Wildman–Crippen LogP) is 3.23. The van der Waals surface area contributed by atoms with Gasteiger partial charge in [0.25, 0.3) is 0 Å². The van der Waals surface area contributed by atoms with Crippen molar-refractivity contribution in [2.75, 3.05) is 45.5 Å². The number of thioether (sulfide) groups is 1. The minimum Gasteiger partial charge on any atom is -0.361 e. The molecule has 1 aliphatic rings. The number of aromatic nitrogens is 1. The summed E-state index contributed by atoms with van der Waals surface area (Å²) in [4.78, 5) is 9.71. The maximum absolute atomic E-state index is 13.6. The lowest BCUT2D eigenvalue weighted by atomic mass is 10.3. The van der Waals surface area contributed by atoms with Gasteiger partial charge in [-0.05, 0) is 19.1 Å². The number of halogens is 2. The Hall–Kier alpha value is -1.33. The van der Waals surface area contributed by atoms with Gasteiger partial charge in [0.15, 0.2) is 5.96 Å². The Morgan fingerprint density at radius 3 is 2.68 bits per heavy atom. The third-order valence-corrected chi connectivity index (χ3v) is 5.48. The molecule has 2 aromatic rings. The fourth-order valence-corrected chi connectivity index (χ4v) is 3.86. The molecule has 0 atom stereocenters. The normalized spacial score (nSPS) is 15.4. The van der Waals surface area contributed by atoms with Gasteiger partial charge in [-0.3, -0.25) is 9.89 Å². The Balaban J connectivity index is 0.00000280. The standard InChI is InChI=1S/C19H26FN5OS.HI/c1-15-13-16(23-26-15)14-24-8-10-25(11-9-24)19(21-2)22-7-12-27-18-6-4-3-5-17(18)20;/h3-6,13H,7-12,14H2,1-2H3,(H,21,22);1H. The summed E-state index contributed by atoms with van der Waals surface area (Å²) in [6, 6.07) is 8.86. The molecule has 9 heteroatoms. The summed E-state index contributed by atoms with van der Waals surface area (Å²) in [5, 5.41) is 7.45. The number of guanidine groups is 1. The fourth-order valence-electron chi connectivity index (χ4n) is 3.06. The van der Waals surface area contributed by atoms with Crippen molar-refractivity contribution >= 4 is 41.7 Å². The first-order valence-electron chi connectivity index (χ1n) is 9.13. The molecule has 0 radical (unpaired) electrons. The van der Waals surface area contributed by atoms with Crippen molar-refractivity contribution in [1.82, 2.24) is 20.3 Å². The van der Waals surface area contributed by atoms with Gasteiger partial charge in [0.2, 0.25) is 0 Å². The minimum atomic E-state index is -0.162. The van der Waals surface area contributed by atoms with Gasteiger partial charge in [0.1, 0.15) is 11.6 Å². The zero-order valence-corrected chi connectivity index (χ0v) is 19.4. The molecule has 1 saturated heterocycles. The number of aryl methyl sites for hydroxylation is 1. The average molecular weight is 519 g/mol. The van der Waals surface area contributed by atoms with Crippen LogP contribution in [0.3, 0.4) is 0 Å². The molecule has 3 rings (SSSR count). The fraction of sp³-hybridized carbons (Fsp3) is 0.474. The Bertz CT molecular complexity index is 764. The molecule has 0 spiro atoms. The highest BCUT2D eigenvalue weighted by molar-refractivity contribution is 14.0. The summed E-state index contributed by atoms with van der Waals surface area (Å²) in [6.45, 7) is 7.20. The molecule has 0 aliphatic carbocycles. The molecular formula is C19H27FIN5OS. The van der Waals surface area contributed by atoms with Crippen molar-refractivity contribution in [2.45, 2.75) is 18.4 Å². The lowest BCUT2D eigenvalue weighted by Crippen LogP contribution is -2.52. The number of aliphatic imine (C=N–C) groups is 1. The molecule has 2 heterocycles. The Kier molecular flexibility index (Phi) is 9.52. The average Bonchev–Trinajstić information content (AvgIpc) is 3.09. The van der Waals surface area contributed by atoms with Gasteiger partial charge >= 0.3 is 0 Å². The van der Waals surface area contributed by atoms with Gasteiger partial charge in [0, 0.05) is 63.0 Å². The summed E-state index contributed by atoms with van der Waals surface area (Å²) in [5.74, 6) is 2.37. The SMILES string of the molecule is CN=C(NCCSc1ccccc1F)N1CCN(Cc2cc(C)on2)CC1.I. The Labute approximate surface area is 186 Å². The van der Waals surface area contributed by atoms with Gasteiger partial charge in [-0.2, -0.15) is 0 Å². The van der Waals surface area contributed by atoms with Crippen molar-refractivity contribution in [3.05, 3.63) is 47.6 Å². The first-order chi connectivity index (χ1) is 13.2. The lowest BCUT2D eigenvalue weighted by molar-refractivity contribution is 0.169. The van der Waals surface area contributed by atoms with Crippen LogP contribution in [-0.2, 0) is 6.54 Å². The van der Waals surface area contributed by atoms with Gasteiger partial charge in [-0.25, -0.2) is 4.39 Å². The second-order valence-corrected chi connectivity index (χ2v) is 7.58. The number of nitrogens with one attached hydrogen (secondary N) is 1. The van der Waals surface area contributed by atoms with Gasteiger partial charge in [-0.1, -0.05) is 17.3 Å². The summed E-state index contributed by atoms with van der Waals surface area (Å²) in [7, 11) is 1.80. The van der Waals surface area contributed by atoms with E-state index in [0.29, 0.717) is 4.90 Å². The van der Waals surface area contributed by atoms with E-state index >= 15 is 0 Å². The summed E-state index contributed by atoms with van der Waals surface area (Å²) < 4.78 is 18.8. The quantitative estimate of drug-likeness (QED) is 0.208. The van der Waals surface area contributed by atoms with Crippen LogP contribution in [0, 0.1) is 12.7 Å². The topological polar surface area (TPSA) is 56.9 Å². The Morgan fingerprint density at radius 1 is 1.29 bits per heavy atom. The highest BCUT2D eigenvalue weighted by Crippen LogP contribution is 2.20. The molecule has 1 fully saturated rings. The summed E-state index contributed by atoms with van der Waals surface area (Å²) >= 11 is 1.51. The van der Waals surface area contributed by atoms with Crippen LogP contribution >= 0.6 is 35.7 Å². The van der Waals surface area contributed by atoms with Crippen molar-refractivity contribution in [3.63, 3.8) is 0 Å². The van der Waals surface area contributed by atoms with E-state index in [9.17, 15) is 4.39 Å². The van der Waals surface area contributed by atoms with Crippen LogP contribution in [-0.4, -0.2) is 66.4 Å². The molecular weight excluding hydrogens is 492 g/mol. The van der Waals surface area contributed by atoms with E-state index in [1.54, 1.807) is 13.1 Å². The van der Waals surface area contributed by atoms with Crippen LogP contribution in [0.5, 0.6) is 0 Å². The van der Waals surface area contributed by atoms with E-state index in [-0.39, 0.29) is 29.8 Å². The van der Waals surface area contributed by atoms with Crippen molar-refractivity contribution in [2.24, 2.45) is 4.99 Å². The maximum Gasteiger partial charge on any atom is 0.193 e. The van der Waals surface area contributed by atoms with Crippen LogP contribution < -0.4 is 5.32 Å². The minimum absolute atomic E-state index is 0. The number of hydrogen-bond acceptors (Lipinski definition) is 5. The van der Waals surface area contributed by atoms with Crippen LogP contribution in [0.1, 0.15) is 11.5 Å². The smallest absolute Gasteiger partial charge is 0.193 e. The molecule has 0 saturated carbocycles. The van der Waals surface area contributed by atoms with Crippen LogP contribution in [0.4, 0.5) is 4.39 Å². The summed E-state index contributed by atoms with van der Waals surface area (Å²) in [6.07, 6.45) is 0. The summed E-state index contributed by atoms with van der Waals surface area (Å²) in [5.41, 5.74) is 0.980. The molecule has 28 heavy (non-hydrogen) atoms. The largest absolute Gasteiger partial charge is 0.361 e. The van der Waals surface area contributed by atoms with Gasteiger partial charge < -0.3 is 14.7 Å². The van der Waals surface area contributed by atoms with E-state index in [4.69, 9.17) is 4.52 Å². The van der Waals surface area contributed by atoms with E-state index < -0.39 is 0 Å². The molecule has 1 aliphatic heterocycles. The van der Waals surface area contributed by atoms with E-state index in [2.05, 4.69) is 25.3 Å². The number of hydrogen-bond donors (Lipinski definition) is 1. The van der Waals surface area contributed by atoms with Crippen LogP contribution in [0.25, 0.3) is 0 Å². The van der Waals surface area contributed by atoms with Crippen LogP contribution in [0.2, 0.25) is 0 Å². The predicted molar refractivity (Wildman–Crippen MR) is 122 cm³/mol. The third-order valence-electron chi connectivity index (χ3n) is 4.43. The first kappa shape index (κ1) is 23.0. The Morgan fingerprint density at radius 2 is 2.04 bits per heavy atom. The van der Waals surface area contributed by atoms with Crippen LogP contribution in [0.15, 0.2) is 44.7 Å². The number of rotatable bonds is 6. The van der Waals surface area contributed by atoms with E-state index in [0.717, 1.165) is 62.4 Å². The van der Waals surface area contributed by atoms with E-state index in [1.807, 2.05) is 25.1 Å². The highest BCUT2D eigenvalue weighted by Gasteiger charge is 2.20. The zero-order chi connectivity index (χ0) is 19.1. The molecule has 0 bridgehead atoms. The first-order valence-corrected chi connectivity index (χ1v) is 10.1. The van der Waals surface area contributed by atoms with Crippen molar-refractivity contribution in [3.8, 4) is 0 Å².